The molecule has 0 aliphatic rings. The number of benzene rings is 1. The number of phenolic OH excluding ortho intramolecular Hbond substituents is 1. The number of phenols is 1. The molecule has 0 heterocycles. The molecule has 6 heteroatoms. The Labute approximate surface area is 110 Å². The van der Waals surface area contributed by atoms with Crippen molar-refractivity contribution >= 4 is 17.5 Å². The van der Waals surface area contributed by atoms with Crippen LogP contribution in [0.2, 0.25) is 5.02 Å². The Morgan fingerprint density at radius 3 is 2.83 bits per heavy atom. The van der Waals surface area contributed by atoms with Gasteiger partial charge in [-0.3, -0.25) is 4.79 Å². The third kappa shape index (κ3) is 4.18. The lowest BCUT2D eigenvalue weighted by molar-refractivity contribution is 0.0876. The fourth-order valence-corrected chi connectivity index (χ4v) is 1.68. The first-order valence-electron chi connectivity index (χ1n) is 5.47. The summed E-state index contributed by atoms with van der Waals surface area (Å²) in [6.07, 6.45) is 0.383. The summed E-state index contributed by atoms with van der Waals surface area (Å²) in [5, 5.41) is 21.5. The monoisotopic (exact) mass is 273 g/mol. The summed E-state index contributed by atoms with van der Waals surface area (Å²) in [5.41, 5.74) is 0.137. The summed E-state index contributed by atoms with van der Waals surface area (Å²) in [4.78, 5) is 11.9. The topological polar surface area (TPSA) is 78.8 Å². The molecular weight excluding hydrogens is 258 g/mol. The zero-order valence-corrected chi connectivity index (χ0v) is 10.8. The lowest BCUT2D eigenvalue weighted by Crippen LogP contribution is -2.38. The fraction of sp³-hybridized carbons (Fsp3) is 0.417. The molecule has 0 saturated carbocycles. The second-order valence-electron chi connectivity index (χ2n) is 3.80. The third-order valence-electron chi connectivity index (χ3n) is 2.39. The number of aliphatic hydroxyl groups excluding tert-OH is 1. The summed E-state index contributed by atoms with van der Waals surface area (Å²) in [7, 11) is 1.51. The van der Waals surface area contributed by atoms with Gasteiger partial charge in [-0.1, -0.05) is 11.6 Å². The number of halogens is 1. The average molecular weight is 274 g/mol. The number of methoxy groups -OCH3 is 1. The van der Waals surface area contributed by atoms with Crippen LogP contribution in [0, 0.1) is 0 Å². The zero-order valence-electron chi connectivity index (χ0n) is 10.0. The lowest BCUT2D eigenvalue weighted by Gasteiger charge is -2.17. The minimum absolute atomic E-state index is 0.0547. The van der Waals surface area contributed by atoms with E-state index in [2.05, 4.69) is 5.32 Å². The summed E-state index contributed by atoms with van der Waals surface area (Å²) < 4.78 is 4.93. The standard InChI is InChI=1S/C12H16ClNO4/c1-18-7-9(4-5-15)14-12(17)10-3-2-8(13)6-11(10)16/h2-3,6,9,15-16H,4-5,7H2,1H3,(H,14,17). The summed E-state index contributed by atoms with van der Waals surface area (Å²) >= 11 is 5.68. The smallest absolute Gasteiger partial charge is 0.255 e. The molecule has 0 radical (unpaired) electrons. The highest BCUT2D eigenvalue weighted by atomic mass is 35.5. The first-order chi connectivity index (χ1) is 8.58. The Morgan fingerprint density at radius 2 is 2.28 bits per heavy atom. The number of rotatable bonds is 6. The van der Waals surface area contributed by atoms with Crippen molar-refractivity contribution in [3.8, 4) is 5.75 Å². The Balaban J connectivity index is 2.73. The highest BCUT2D eigenvalue weighted by Gasteiger charge is 2.16. The van der Waals surface area contributed by atoms with Crippen molar-refractivity contribution in [3.05, 3.63) is 28.8 Å². The second kappa shape index (κ2) is 7.20. The van der Waals surface area contributed by atoms with E-state index in [9.17, 15) is 9.90 Å². The van der Waals surface area contributed by atoms with Crippen LogP contribution in [-0.4, -0.2) is 42.5 Å². The SMILES string of the molecule is COCC(CCO)NC(=O)c1ccc(Cl)cc1O. The van der Waals surface area contributed by atoms with Gasteiger partial charge in [-0.2, -0.15) is 0 Å². The predicted molar refractivity (Wildman–Crippen MR) is 67.9 cm³/mol. The van der Waals surface area contributed by atoms with Crippen molar-refractivity contribution in [3.63, 3.8) is 0 Å². The molecular formula is C12H16ClNO4. The number of nitrogens with one attached hydrogen (secondary N) is 1. The van der Waals surface area contributed by atoms with Crippen LogP contribution in [0.4, 0.5) is 0 Å². The van der Waals surface area contributed by atoms with Crippen LogP contribution in [0.5, 0.6) is 5.75 Å². The van der Waals surface area contributed by atoms with Crippen LogP contribution in [0.3, 0.4) is 0 Å². The van der Waals surface area contributed by atoms with E-state index in [0.717, 1.165) is 0 Å². The van der Waals surface area contributed by atoms with Gasteiger partial charge in [0.2, 0.25) is 0 Å². The van der Waals surface area contributed by atoms with E-state index in [1.54, 1.807) is 0 Å². The van der Waals surface area contributed by atoms with Gasteiger partial charge in [0.25, 0.3) is 5.91 Å². The van der Waals surface area contributed by atoms with Crippen LogP contribution in [0.15, 0.2) is 18.2 Å². The molecule has 0 aliphatic carbocycles. The molecule has 100 valence electrons. The number of ether oxygens (including phenoxy) is 1. The molecule has 1 aromatic rings. The number of carbonyl (C=O) groups is 1. The third-order valence-corrected chi connectivity index (χ3v) is 2.62. The molecule has 1 rings (SSSR count). The summed E-state index contributed by atoms with van der Waals surface area (Å²) in [5.74, 6) is -0.611. The van der Waals surface area contributed by atoms with Crippen molar-refractivity contribution in [1.29, 1.82) is 0 Å². The maximum atomic E-state index is 11.9. The van der Waals surface area contributed by atoms with Crippen molar-refractivity contribution in [1.82, 2.24) is 5.32 Å². The van der Waals surface area contributed by atoms with E-state index in [1.807, 2.05) is 0 Å². The van der Waals surface area contributed by atoms with E-state index >= 15 is 0 Å². The minimum atomic E-state index is -0.431. The summed E-state index contributed by atoms with van der Waals surface area (Å²) in [6.45, 7) is 0.238. The summed E-state index contributed by atoms with van der Waals surface area (Å²) in [6, 6.07) is 3.96. The van der Waals surface area contributed by atoms with Crippen molar-refractivity contribution in [2.45, 2.75) is 12.5 Å². The Bertz CT molecular complexity index is 405. The molecule has 0 aliphatic heterocycles. The molecule has 0 spiro atoms. The van der Waals surface area contributed by atoms with Crippen LogP contribution < -0.4 is 5.32 Å². The number of hydrogen-bond donors (Lipinski definition) is 3. The van der Waals surface area contributed by atoms with E-state index in [-0.39, 0.29) is 24.0 Å². The van der Waals surface area contributed by atoms with E-state index < -0.39 is 5.91 Å². The highest BCUT2D eigenvalue weighted by molar-refractivity contribution is 6.30. The van der Waals surface area contributed by atoms with Gasteiger partial charge >= 0.3 is 0 Å². The molecule has 1 amide bonds. The van der Waals surface area contributed by atoms with Gasteiger partial charge in [-0.05, 0) is 24.6 Å². The van der Waals surface area contributed by atoms with Crippen molar-refractivity contribution in [2.75, 3.05) is 20.3 Å². The van der Waals surface area contributed by atoms with Crippen molar-refractivity contribution < 1.29 is 19.7 Å². The molecule has 18 heavy (non-hydrogen) atoms. The number of amides is 1. The Hall–Kier alpha value is -1.30. The van der Waals surface area contributed by atoms with Crippen LogP contribution >= 0.6 is 11.6 Å². The Morgan fingerprint density at radius 1 is 1.56 bits per heavy atom. The quantitative estimate of drug-likeness (QED) is 0.727. The van der Waals surface area contributed by atoms with Crippen LogP contribution in [0.1, 0.15) is 16.8 Å². The number of hydrogen-bond acceptors (Lipinski definition) is 4. The fourth-order valence-electron chi connectivity index (χ4n) is 1.51. The molecule has 0 bridgehead atoms. The van der Waals surface area contributed by atoms with Gasteiger partial charge in [-0.25, -0.2) is 0 Å². The maximum absolute atomic E-state index is 11.9. The molecule has 0 saturated heterocycles. The lowest BCUT2D eigenvalue weighted by atomic mass is 10.1. The van der Waals surface area contributed by atoms with Crippen LogP contribution in [-0.2, 0) is 4.74 Å². The van der Waals surface area contributed by atoms with Crippen molar-refractivity contribution in [2.24, 2.45) is 0 Å². The molecule has 5 nitrogen and oxygen atoms in total. The van der Waals surface area contributed by atoms with E-state index in [1.165, 1.54) is 25.3 Å². The number of aliphatic hydroxyl groups is 1. The number of carbonyl (C=O) groups excluding carboxylic acids is 1. The van der Waals surface area contributed by atoms with Crippen LogP contribution in [0.25, 0.3) is 0 Å². The van der Waals surface area contributed by atoms with Gasteiger partial charge < -0.3 is 20.3 Å². The molecule has 0 aromatic heterocycles. The largest absolute Gasteiger partial charge is 0.507 e. The maximum Gasteiger partial charge on any atom is 0.255 e. The van der Waals surface area contributed by atoms with Gasteiger partial charge in [0.1, 0.15) is 5.75 Å². The first kappa shape index (κ1) is 14.8. The highest BCUT2D eigenvalue weighted by Crippen LogP contribution is 2.21. The number of aromatic hydroxyl groups is 1. The predicted octanol–water partition coefficient (Wildman–Crippen LogP) is 1.17. The molecule has 0 fully saturated rings. The van der Waals surface area contributed by atoms with Gasteiger partial charge in [0.05, 0.1) is 18.2 Å². The average Bonchev–Trinajstić information content (AvgIpc) is 2.29. The van der Waals surface area contributed by atoms with Gasteiger partial charge in [0.15, 0.2) is 0 Å². The first-order valence-corrected chi connectivity index (χ1v) is 5.85. The van der Waals surface area contributed by atoms with E-state index in [0.29, 0.717) is 18.1 Å². The van der Waals surface area contributed by atoms with Gasteiger partial charge in [0, 0.05) is 18.7 Å². The second-order valence-corrected chi connectivity index (χ2v) is 4.24. The van der Waals surface area contributed by atoms with Gasteiger partial charge in [-0.15, -0.1) is 0 Å². The normalized spacial score (nSPS) is 12.2. The molecule has 1 aromatic carbocycles. The molecule has 1 atom stereocenters. The van der Waals surface area contributed by atoms with E-state index in [4.69, 9.17) is 21.4 Å². The minimum Gasteiger partial charge on any atom is -0.507 e. The zero-order chi connectivity index (χ0) is 13.5. The molecule has 3 N–H and O–H groups in total. The Kier molecular flexibility index (Phi) is 5.91. The molecule has 1 unspecified atom stereocenters.